The van der Waals surface area contributed by atoms with E-state index >= 15 is 0 Å². The van der Waals surface area contributed by atoms with Gasteiger partial charge in [0.15, 0.2) is 0 Å². The highest BCUT2D eigenvalue weighted by atomic mass is 16.5. The molecule has 14 nitrogen and oxygen atoms in total. The van der Waals surface area contributed by atoms with E-state index in [1.165, 1.54) is 38.5 Å². The van der Waals surface area contributed by atoms with E-state index in [1.54, 1.807) is 29.2 Å². The van der Waals surface area contributed by atoms with Crippen molar-refractivity contribution in [3.63, 3.8) is 0 Å². The Bertz CT molecular complexity index is 1450. The highest BCUT2D eigenvalue weighted by Gasteiger charge is 2.36. The van der Waals surface area contributed by atoms with Gasteiger partial charge in [-0.2, -0.15) is 0 Å². The number of fused-ring (bicyclic) bond motifs is 2. The Labute approximate surface area is 332 Å². The number of nitrogens with zero attached hydrogens (tertiary/aromatic N) is 2. The van der Waals surface area contributed by atoms with Gasteiger partial charge in [-0.15, -0.1) is 0 Å². The predicted molar refractivity (Wildman–Crippen MR) is 213 cm³/mol. The number of para-hydroxylation sites is 1. The van der Waals surface area contributed by atoms with Crippen LogP contribution in [0.5, 0.6) is 5.75 Å². The number of amides is 5. The number of unbranched alkanes of at least 4 members (excludes halogenated alkanes) is 3. The van der Waals surface area contributed by atoms with Crippen molar-refractivity contribution in [2.24, 2.45) is 5.92 Å². The molecular formula is C42H66N6O8. The van der Waals surface area contributed by atoms with E-state index in [-0.39, 0.29) is 48.6 Å². The third-order valence-electron chi connectivity index (χ3n) is 11.3. The molecule has 2 fully saturated rings. The van der Waals surface area contributed by atoms with Gasteiger partial charge < -0.3 is 40.9 Å². The molecule has 14 heteroatoms. The van der Waals surface area contributed by atoms with Crippen molar-refractivity contribution in [3.8, 4) is 5.75 Å². The van der Waals surface area contributed by atoms with E-state index in [2.05, 4.69) is 21.3 Å². The topological polar surface area (TPSA) is 186 Å². The molecule has 1 aliphatic carbocycles. The van der Waals surface area contributed by atoms with Gasteiger partial charge >= 0.3 is 5.97 Å². The van der Waals surface area contributed by atoms with Crippen molar-refractivity contribution < 1.29 is 38.6 Å². The first-order valence-corrected chi connectivity index (χ1v) is 21.1. The molecule has 4 atom stereocenters. The van der Waals surface area contributed by atoms with Gasteiger partial charge in [0.25, 0.3) is 5.91 Å². The van der Waals surface area contributed by atoms with Crippen molar-refractivity contribution in [2.45, 2.75) is 146 Å². The van der Waals surface area contributed by atoms with Crippen LogP contribution < -0.4 is 26.0 Å². The Balaban J connectivity index is 1.44. The summed E-state index contributed by atoms with van der Waals surface area (Å²) >= 11 is 0. The van der Waals surface area contributed by atoms with E-state index in [4.69, 9.17) is 4.74 Å². The summed E-state index contributed by atoms with van der Waals surface area (Å²) in [4.78, 5) is 83.2. The third kappa shape index (κ3) is 15.0. The molecule has 0 bridgehead atoms. The van der Waals surface area contributed by atoms with Gasteiger partial charge in [-0.25, -0.2) is 4.79 Å². The van der Waals surface area contributed by atoms with Gasteiger partial charge in [0, 0.05) is 25.9 Å². The van der Waals surface area contributed by atoms with Gasteiger partial charge in [-0.3, -0.25) is 24.0 Å². The zero-order chi connectivity index (χ0) is 40.3. The summed E-state index contributed by atoms with van der Waals surface area (Å²) in [5, 5.41) is 21.2. The zero-order valence-corrected chi connectivity index (χ0v) is 33.7. The van der Waals surface area contributed by atoms with Crippen molar-refractivity contribution in [2.75, 3.05) is 40.3 Å². The summed E-state index contributed by atoms with van der Waals surface area (Å²) < 4.78 is 6.13. The molecule has 2 aliphatic heterocycles. The van der Waals surface area contributed by atoms with Crippen LogP contribution in [0.3, 0.4) is 0 Å². The number of hydrogen-bond acceptors (Lipinski definition) is 8. The maximum Gasteiger partial charge on any atom is 0.326 e. The van der Waals surface area contributed by atoms with Gasteiger partial charge in [-0.1, -0.05) is 57.1 Å². The average molecular weight is 783 g/mol. The normalized spacial score (nSPS) is 23.2. The van der Waals surface area contributed by atoms with Crippen LogP contribution in [-0.4, -0.2) is 115 Å². The van der Waals surface area contributed by atoms with Crippen molar-refractivity contribution in [1.82, 2.24) is 31.1 Å². The number of nitrogens with one attached hydrogen (secondary N) is 4. The smallest absolute Gasteiger partial charge is 0.326 e. The number of benzene rings is 1. The molecule has 4 rings (SSSR count). The number of rotatable bonds is 16. The Morgan fingerprint density at radius 1 is 0.839 bits per heavy atom. The highest BCUT2D eigenvalue weighted by molar-refractivity contribution is 5.99. The molecule has 1 aromatic carbocycles. The second-order valence-electron chi connectivity index (χ2n) is 16.1. The fourth-order valence-electron chi connectivity index (χ4n) is 8.06. The summed E-state index contributed by atoms with van der Waals surface area (Å²) in [6, 6.07) is 3.04. The number of carbonyl (C=O) groups is 6. The highest BCUT2D eigenvalue weighted by Crippen LogP contribution is 2.28. The van der Waals surface area contributed by atoms with Crippen LogP contribution >= 0.6 is 0 Å². The molecule has 5 amide bonds. The minimum Gasteiger partial charge on any atom is -0.491 e. The molecule has 2 heterocycles. The number of carboxylic acid groups (broad SMARTS) is 1. The van der Waals surface area contributed by atoms with E-state index < -0.39 is 41.8 Å². The van der Waals surface area contributed by atoms with E-state index in [0.29, 0.717) is 58.0 Å². The van der Waals surface area contributed by atoms with Gasteiger partial charge in [0.1, 0.15) is 30.5 Å². The predicted octanol–water partition coefficient (Wildman–Crippen LogP) is 4.16. The minimum atomic E-state index is -1.35. The molecular weight excluding hydrogens is 716 g/mol. The monoisotopic (exact) mass is 782 g/mol. The second-order valence-corrected chi connectivity index (χ2v) is 16.1. The SMILES string of the molecule is CN(C)CCCC[C@@H]1NC(=O)CC[C@@H](C(=O)O)NC(=O)c2ccccc2OC[C@@H]2CCCN2C(=O)[C@H](CCCCNC(=O)CCCCC2CCCCC2)NC1=O. The molecule has 5 N–H and O–H groups in total. The molecule has 1 saturated heterocycles. The Morgan fingerprint density at radius 3 is 2.34 bits per heavy atom. The first-order valence-electron chi connectivity index (χ1n) is 21.1. The summed E-state index contributed by atoms with van der Waals surface area (Å²) in [6.07, 6.45) is 14.6. The molecule has 1 saturated carbocycles. The number of carbonyl (C=O) groups excluding carboxylic acids is 5. The summed E-state index contributed by atoms with van der Waals surface area (Å²) in [6.45, 7) is 1.85. The third-order valence-corrected chi connectivity index (χ3v) is 11.3. The van der Waals surface area contributed by atoms with Crippen LogP contribution in [0.25, 0.3) is 0 Å². The van der Waals surface area contributed by atoms with Crippen molar-refractivity contribution >= 4 is 35.5 Å². The molecule has 312 valence electrons. The Kier molecular flexibility index (Phi) is 18.9. The molecule has 0 aromatic heterocycles. The lowest BCUT2D eigenvalue weighted by molar-refractivity contribution is -0.139. The van der Waals surface area contributed by atoms with E-state index in [9.17, 15) is 33.9 Å². The molecule has 0 unspecified atom stereocenters. The fourth-order valence-corrected chi connectivity index (χ4v) is 8.06. The zero-order valence-electron chi connectivity index (χ0n) is 33.7. The molecule has 3 aliphatic rings. The number of carboxylic acids is 1. The molecule has 1 aromatic rings. The van der Waals surface area contributed by atoms with Gasteiger partial charge in [-0.05, 0) is 103 Å². The Hall–Kier alpha value is -4.20. The van der Waals surface area contributed by atoms with Crippen LogP contribution in [0.1, 0.15) is 132 Å². The summed E-state index contributed by atoms with van der Waals surface area (Å²) in [5.41, 5.74) is 0.148. The lowest BCUT2D eigenvalue weighted by atomic mass is 9.85. The van der Waals surface area contributed by atoms with Crippen LogP contribution in [0.2, 0.25) is 0 Å². The van der Waals surface area contributed by atoms with E-state index in [1.807, 2.05) is 19.0 Å². The van der Waals surface area contributed by atoms with Gasteiger partial charge in [0.2, 0.25) is 23.6 Å². The van der Waals surface area contributed by atoms with Crippen molar-refractivity contribution in [1.29, 1.82) is 0 Å². The van der Waals surface area contributed by atoms with Crippen LogP contribution in [0.4, 0.5) is 0 Å². The standard InChI is InChI=1S/C42H66N6O8/c1-47(2)27-13-11-20-33-40(52)45-34(21-10-12-26-43-37(49)23-9-6-17-30-15-4-3-5-16-30)41(53)48-28-14-18-31(48)29-56-36-22-8-7-19-32(36)39(51)46-35(42(54)55)24-25-38(50)44-33/h7-8,19,22,30-31,33-35H,3-6,9-18,20-21,23-29H2,1-2H3,(H,43,49)(H,44,50)(H,45,52)(H,46,51)(H,54,55)/t31-,33-,34-,35-/m0/s1. The maximum atomic E-state index is 14.3. The van der Waals surface area contributed by atoms with Crippen LogP contribution in [0, 0.1) is 5.92 Å². The quantitative estimate of drug-likeness (QED) is 0.154. The fraction of sp³-hybridized carbons (Fsp3) is 0.714. The molecule has 0 spiro atoms. The largest absolute Gasteiger partial charge is 0.491 e. The minimum absolute atomic E-state index is 0.0377. The summed E-state index contributed by atoms with van der Waals surface area (Å²) in [5.74, 6) is -2.09. The molecule has 0 radical (unpaired) electrons. The number of hydrogen-bond donors (Lipinski definition) is 5. The molecule has 56 heavy (non-hydrogen) atoms. The maximum absolute atomic E-state index is 14.3. The lowest BCUT2D eigenvalue weighted by Crippen LogP contribution is -2.55. The van der Waals surface area contributed by atoms with Crippen LogP contribution in [-0.2, 0) is 24.0 Å². The van der Waals surface area contributed by atoms with Gasteiger partial charge in [0.05, 0.1) is 11.6 Å². The first-order chi connectivity index (χ1) is 27.0. The lowest BCUT2D eigenvalue weighted by Gasteiger charge is -2.31. The number of aliphatic carboxylic acids is 1. The van der Waals surface area contributed by atoms with E-state index in [0.717, 1.165) is 38.1 Å². The van der Waals surface area contributed by atoms with Crippen LogP contribution in [0.15, 0.2) is 24.3 Å². The average Bonchev–Trinajstić information content (AvgIpc) is 3.66. The first kappa shape index (κ1) is 44.5. The second kappa shape index (κ2) is 23.8. The Morgan fingerprint density at radius 2 is 1.57 bits per heavy atom. The van der Waals surface area contributed by atoms with Crippen molar-refractivity contribution in [3.05, 3.63) is 29.8 Å². The number of ether oxygens (including phenoxy) is 1. The summed E-state index contributed by atoms with van der Waals surface area (Å²) in [7, 11) is 3.91.